The largest absolute Gasteiger partial charge is 0.0619 e. The molecule has 0 aromatic heterocycles. The van der Waals surface area contributed by atoms with Crippen LogP contribution in [0.2, 0.25) is 0 Å². The third kappa shape index (κ3) is 4.04. The summed E-state index contributed by atoms with van der Waals surface area (Å²) in [5, 5.41) is 10.3. The predicted octanol–water partition coefficient (Wildman–Crippen LogP) is 13.6. The van der Waals surface area contributed by atoms with Gasteiger partial charge in [0.05, 0.1) is 0 Å². The second-order valence-corrected chi connectivity index (χ2v) is 14.0. The molecule has 0 nitrogen and oxygen atoms in total. The molecule has 0 amide bonds. The van der Waals surface area contributed by atoms with E-state index in [-0.39, 0.29) is 5.41 Å². The van der Waals surface area contributed by atoms with E-state index >= 15 is 0 Å². The quantitative estimate of drug-likeness (QED) is 0.172. The Bertz CT molecular complexity index is 2740. The first-order valence-electron chi connectivity index (χ1n) is 17.3. The molecule has 1 aliphatic rings. The Hall–Kier alpha value is -5.98. The van der Waals surface area contributed by atoms with Gasteiger partial charge >= 0.3 is 0 Å². The van der Waals surface area contributed by atoms with Crippen molar-refractivity contribution < 1.29 is 0 Å². The van der Waals surface area contributed by atoms with Crippen LogP contribution in [-0.2, 0) is 5.41 Å². The van der Waals surface area contributed by atoms with Crippen molar-refractivity contribution in [3.8, 4) is 44.5 Å². The van der Waals surface area contributed by atoms with Gasteiger partial charge in [0.1, 0.15) is 0 Å². The van der Waals surface area contributed by atoms with Crippen LogP contribution in [0.5, 0.6) is 0 Å². The van der Waals surface area contributed by atoms with E-state index < -0.39 is 0 Å². The summed E-state index contributed by atoms with van der Waals surface area (Å²) >= 11 is 0. The fraction of sp³-hybridized carbons (Fsp3) is 0.0612. The van der Waals surface area contributed by atoms with Crippen LogP contribution in [0.15, 0.2) is 170 Å². The van der Waals surface area contributed by atoms with Crippen LogP contribution in [0.25, 0.3) is 87.6 Å². The molecule has 49 heavy (non-hydrogen) atoms. The summed E-state index contributed by atoms with van der Waals surface area (Å²) in [4.78, 5) is 0. The molecule has 0 fully saturated rings. The normalized spacial score (nSPS) is 13.3. The van der Waals surface area contributed by atoms with Gasteiger partial charge in [0, 0.05) is 5.41 Å². The van der Waals surface area contributed by atoms with Gasteiger partial charge in [0.15, 0.2) is 0 Å². The summed E-state index contributed by atoms with van der Waals surface area (Å²) in [6, 6.07) is 63.1. The van der Waals surface area contributed by atoms with E-state index in [0.29, 0.717) is 0 Å². The number of benzene rings is 9. The predicted molar refractivity (Wildman–Crippen MR) is 210 cm³/mol. The van der Waals surface area contributed by atoms with E-state index in [9.17, 15) is 0 Å². The average Bonchev–Trinajstić information content (AvgIpc) is 3.39. The molecule has 0 radical (unpaired) electrons. The standard InChI is InChI=1S/C49H34/c1-49(2)44-26-14-13-25-42(44)48-37-20-8-6-18-35(37)43(30-45(48)49)47-40-23-11-9-21-38(40)46(39-22-10-12-24-41(39)47)36-19-7-5-17-34(36)33-28-27-31-15-3-4-16-32(31)29-33/h3-30H,1-2H3. The second-order valence-electron chi connectivity index (χ2n) is 14.0. The highest BCUT2D eigenvalue weighted by atomic mass is 14.4. The van der Waals surface area contributed by atoms with E-state index in [1.54, 1.807) is 0 Å². The van der Waals surface area contributed by atoms with Crippen molar-refractivity contribution in [2.24, 2.45) is 0 Å². The molecule has 0 saturated carbocycles. The highest BCUT2D eigenvalue weighted by Crippen LogP contribution is 2.55. The Morgan fingerprint density at radius 3 is 1.43 bits per heavy atom. The summed E-state index contributed by atoms with van der Waals surface area (Å²) in [7, 11) is 0. The third-order valence-corrected chi connectivity index (χ3v) is 11.0. The Morgan fingerprint density at radius 1 is 0.306 bits per heavy atom. The number of hydrogen-bond acceptors (Lipinski definition) is 0. The van der Waals surface area contributed by atoms with Crippen molar-refractivity contribution in [2.75, 3.05) is 0 Å². The topological polar surface area (TPSA) is 0 Å². The van der Waals surface area contributed by atoms with Crippen molar-refractivity contribution in [2.45, 2.75) is 19.3 Å². The van der Waals surface area contributed by atoms with Crippen molar-refractivity contribution in [1.29, 1.82) is 0 Å². The first-order valence-corrected chi connectivity index (χ1v) is 17.3. The van der Waals surface area contributed by atoms with Gasteiger partial charge in [-0.1, -0.05) is 172 Å². The number of fused-ring (bicyclic) bond motifs is 8. The second kappa shape index (κ2) is 10.5. The zero-order valence-electron chi connectivity index (χ0n) is 27.7. The number of rotatable bonds is 3. The monoisotopic (exact) mass is 622 g/mol. The van der Waals surface area contributed by atoms with Gasteiger partial charge in [-0.25, -0.2) is 0 Å². The minimum Gasteiger partial charge on any atom is -0.0619 e. The first kappa shape index (κ1) is 28.1. The molecule has 230 valence electrons. The van der Waals surface area contributed by atoms with Gasteiger partial charge in [0.2, 0.25) is 0 Å². The maximum Gasteiger partial charge on any atom is 0.0159 e. The molecule has 9 aromatic rings. The maximum atomic E-state index is 2.52. The molecule has 9 aromatic carbocycles. The van der Waals surface area contributed by atoms with Gasteiger partial charge in [-0.2, -0.15) is 0 Å². The fourth-order valence-electron chi connectivity index (χ4n) is 8.77. The molecule has 10 rings (SSSR count). The van der Waals surface area contributed by atoms with E-state index in [1.165, 1.54) is 98.7 Å². The smallest absolute Gasteiger partial charge is 0.0159 e. The summed E-state index contributed by atoms with van der Waals surface area (Å²) in [6.45, 7) is 4.78. The zero-order valence-corrected chi connectivity index (χ0v) is 27.7. The van der Waals surface area contributed by atoms with Crippen LogP contribution in [-0.4, -0.2) is 0 Å². The average molecular weight is 623 g/mol. The molecular weight excluding hydrogens is 589 g/mol. The van der Waals surface area contributed by atoms with E-state index in [4.69, 9.17) is 0 Å². The summed E-state index contributed by atoms with van der Waals surface area (Å²) in [5.74, 6) is 0. The lowest BCUT2D eigenvalue weighted by Crippen LogP contribution is -2.15. The van der Waals surface area contributed by atoms with Crippen molar-refractivity contribution in [3.63, 3.8) is 0 Å². The summed E-state index contributed by atoms with van der Waals surface area (Å²) < 4.78 is 0. The zero-order chi connectivity index (χ0) is 32.7. The lowest BCUT2D eigenvalue weighted by molar-refractivity contribution is 0.661. The summed E-state index contributed by atoms with van der Waals surface area (Å²) in [5.41, 5.74) is 13.1. The molecule has 0 heteroatoms. The SMILES string of the molecule is CC1(C)c2ccccc2-c2c1cc(-c1c3ccccc3c(-c3ccccc3-c3ccc4ccccc4c3)c3ccccc13)c1ccccc21. The van der Waals surface area contributed by atoms with Gasteiger partial charge in [0.25, 0.3) is 0 Å². The van der Waals surface area contributed by atoms with Gasteiger partial charge in [-0.05, 0) is 111 Å². The van der Waals surface area contributed by atoms with Gasteiger partial charge < -0.3 is 0 Å². The minimum absolute atomic E-state index is 0.102. The molecule has 0 atom stereocenters. The molecule has 0 heterocycles. The highest BCUT2D eigenvalue weighted by molar-refractivity contribution is 6.25. The first-order chi connectivity index (χ1) is 24.1. The number of hydrogen-bond donors (Lipinski definition) is 0. The van der Waals surface area contributed by atoms with Crippen LogP contribution >= 0.6 is 0 Å². The van der Waals surface area contributed by atoms with E-state index in [2.05, 4.69) is 184 Å². The molecule has 0 spiro atoms. The van der Waals surface area contributed by atoms with Crippen LogP contribution in [0, 0.1) is 0 Å². The lowest BCUT2D eigenvalue weighted by Gasteiger charge is -2.24. The Morgan fingerprint density at radius 2 is 0.776 bits per heavy atom. The molecule has 0 N–H and O–H groups in total. The molecule has 1 aliphatic carbocycles. The Labute approximate surface area is 286 Å². The van der Waals surface area contributed by atoms with Crippen molar-refractivity contribution >= 4 is 43.1 Å². The van der Waals surface area contributed by atoms with Crippen LogP contribution in [0.1, 0.15) is 25.0 Å². The molecule has 0 unspecified atom stereocenters. The fourth-order valence-corrected chi connectivity index (χ4v) is 8.77. The van der Waals surface area contributed by atoms with Crippen LogP contribution in [0.4, 0.5) is 0 Å². The molecule has 0 saturated heterocycles. The molecular formula is C49H34. The van der Waals surface area contributed by atoms with Gasteiger partial charge in [-0.15, -0.1) is 0 Å². The molecule has 0 aliphatic heterocycles. The summed E-state index contributed by atoms with van der Waals surface area (Å²) in [6.07, 6.45) is 0. The maximum absolute atomic E-state index is 2.52. The van der Waals surface area contributed by atoms with Crippen LogP contribution in [0.3, 0.4) is 0 Å². The van der Waals surface area contributed by atoms with E-state index in [1.807, 2.05) is 0 Å². The van der Waals surface area contributed by atoms with Crippen molar-refractivity contribution in [1.82, 2.24) is 0 Å². The van der Waals surface area contributed by atoms with Crippen molar-refractivity contribution in [3.05, 3.63) is 181 Å². The van der Waals surface area contributed by atoms with Gasteiger partial charge in [-0.3, -0.25) is 0 Å². The highest BCUT2D eigenvalue weighted by Gasteiger charge is 2.37. The van der Waals surface area contributed by atoms with Crippen LogP contribution < -0.4 is 0 Å². The minimum atomic E-state index is -0.102. The third-order valence-electron chi connectivity index (χ3n) is 11.0. The molecule has 0 bridgehead atoms. The Kier molecular flexibility index (Phi) is 6.02. The Balaban J connectivity index is 1.31. The lowest BCUT2D eigenvalue weighted by atomic mass is 9.78. The van der Waals surface area contributed by atoms with E-state index in [0.717, 1.165) is 0 Å².